The fourth-order valence-corrected chi connectivity index (χ4v) is 3.89. The van der Waals surface area contributed by atoms with Crippen LogP contribution in [0.1, 0.15) is 34.8 Å². The third-order valence-corrected chi connectivity index (χ3v) is 5.36. The van der Waals surface area contributed by atoms with Crippen LogP contribution in [0.2, 0.25) is 0 Å². The molecule has 0 saturated heterocycles. The molecule has 1 N–H and O–H groups in total. The first-order valence-electron chi connectivity index (χ1n) is 8.27. The summed E-state index contributed by atoms with van der Waals surface area (Å²) in [6.45, 7) is 6.31. The number of methoxy groups -OCH3 is 2. The highest BCUT2D eigenvalue weighted by atomic mass is 32.1. The van der Waals surface area contributed by atoms with E-state index in [1.165, 1.54) is 4.88 Å². The minimum atomic E-state index is -0.201. The van der Waals surface area contributed by atoms with Gasteiger partial charge in [-0.3, -0.25) is 15.0 Å². The summed E-state index contributed by atoms with van der Waals surface area (Å²) in [7, 11) is 3.12. The smallest absolute Gasteiger partial charge is 0.257 e. The van der Waals surface area contributed by atoms with E-state index in [9.17, 15) is 4.79 Å². The summed E-state index contributed by atoms with van der Waals surface area (Å²) in [5.74, 6) is 0.923. The molecule has 0 atom stereocenters. The van der Waals surface area contributed by atoms with Gasteiger partial charge in [0, 0.05) is 36.0 Å². The van der Waals surface area contributed by atoms with E-state index in [2.05, 4.69) is 29.0 Å². The number of aromatic nitrogens is 1. The summed E-state index contributed by atoms with van der Waals surface area (Å²) in [5, 5.41) is 3.55. The van der Waals surface area contributed by atoms with Crippen LogP contribution in [0.5, 0.6) is 11.5 Å². The third kappa shape index (κ3) is 3.77. The van der Waals surface area contributed by atoms with Gasteiger partial charge in [0.1, 0.15) is 0 Å². The number of hydrogen-bond acceptors (Lipinski definition) is 6. The van der Waals surface area contributed by atoms with Crippen molar-refractivity contribution in [3.8, 4) is 11.5 Å². The molecule has 1 aromatic heterocycles. The van der Waals surface area contributed by atoms with Crippen LogP contribution in [-0.2, 0) is 13.0 Å². The Balaban J connectivity index is 1.74. The molecule has 1 aliphatic rings. The fourth-order valence-electron chi connectivity index (χ4n) is 2.86. The summed E-state index contributed by atoms with van der Waals surface area (Å²) in [6.07, 6.45) is 0.927. The Labute approximate surface area is 151 Å². The minimum Gasteiger partial charge on any atom is -0.493 e. The normalized spacial score (nSPS) is 14.3. The second kappa shape index (κ2) is 7.41. The Morgan fingerprint density at radius 3 is 2.72 bits per heavy atom. The average molecular weight is 361 g/mol. The van der Waals surface area contributed by atoms with Crippen molar-refractivity contribution in [1.82, 2.24) is 9.88 Å². The van der Waals surface area contributed by atoms with E-state index in [-0.39, 0.29) is 5.91 Å². The lowest BCUT2D eigenvalue weighted by Gasteiger charge is -2.29. The number of fused-ring (bicyclic) bond motifs is 1. The van der Waals surface area contributed by atoms with Gasteiger partial charge in [0.25, 0.3) is 5.91 Å². The van der Waals surface area contributed by atoms with Crippen LogP contribution >= 0.6 is 11.3 Å². The maximum Gasteiger partial charge on any atom is 0.257 e. The third-order valence-electron chi connectivity index (χ3n) is 4.36. The molecule has 0 saturated carbocycles. The number of rotatable bonds is 5. The summed E-state index contributed by atoms with van der Waals surface area (Å²) in [4.78, 5) is 20.8. The fraction of sp³-hybridized carbons (Fsp3) is 0.444. The van der Waals surface area contributed by atoms with Gasteiger partial charge in [-0.1, -0.05) is 0 Å². The number of benzene rings is 1. The Hall–Kier alpha value is -2.12. The summed E-state index contributed by atoms with van der Waals surface area (Å²) < 4.78 is 10.5. The molecular formula is C18H23N3O3S. The van der Waals surface area contributed by atoms with Gasteiger partial charge in [-0.05, 0) is 32.0 Å². The average Bonchev–Trinajstić information content (AvgIpc) is 3.02. The Morgan fingerprint density at radius 2 is 2.04 bits per heavy atom. The molecule has 6 nitrogen and oxygen atoms in total. The topological polar surface area (TPSA) is 63.7 Å². The number of ether oxygens (including phenoxy) is 2. The largest absolute Gasteiger partial charge is 0.493 e. The molecule has 1 aliphatic heterocycles. The Bertz CT molecular complexity index is 773. The highest BCUT2D eigenvalue weighted by Crippen LogP contribution is 2.31. The van der Waals surface area contributed by atoms with Gasteiger partial charge in [0.15, 0.2) is 16.6 Å². The number of carbonyl (C=O) groups is 1. The second-order valence-electron chi connectivity index (χ2n) is 6.23. The zero-order chi connectivity index (χ0) is 18.0. The quantitative estimate of drug-likeness (QED) is 0.886. The molecule has 134 valence electrons. The van der Waals surface area contributed by atoms with Crippen LogP contribution < -0.4 is 14.8 Å². The molecule has 1 amide bonds. The zero-order valence-electron chi connectivity index (χ0n) is 15.0. The van der Waals surface area contributed by atoms with Crippen LogP contribution in [0.15, 0.2) is 18.2 Å². The van der Waals surface area contributed by atoms with Gasteiger partial charge in [-0.15, -0.1) is 11.3 Å². The summed E-state index contributed by atoms with van der Waals surface area (Å²) >= 11 is 1.56. The highest BCUT2D eigenvalue weighted by Gasteiger charge is 2.23. The van der Waals surface area contributed by atoms with E-state index in [4.69, 9.17) is 9.47 Å². The molecular weight excluding hydrogens is 338 g/mol. The van der Waals surface area contributed by atoms with E-state index >= 15 is 0 Å². The number of hydrogen-bond donors (Lipinski definition) is 1. The first-order chi connectivity index (χ1) is 12.0. The standard InChI is InChI=1S/C18H23N3O3S/c1-11(2)21-8-7-13-16(10-21)25-18(19-13)20-17(22)12-5-6-14(23-3)15(9-12)24-4/h5-6,9,11H,7-8,10H2,1-4H3,(H,19,20,22). The minimum absolute atomic E-state index is 0.201. The molecule has 0 aliphatic carbocycles. The lowest BCUT2D eigenvalue weighted by molar-refractivity contribution is 0.102. The molecule has 2 aromatic rings. The van der Waals surface area contributed by atoms with Gasteiger partial charge in [0.05, 0.1) is 19.9 Å². The lowest BCUT2D eigenvalue weighted by atomic mass is 10.1. The van der Waals surface area contributed by atoms with E-state index in [0.717, 1.165) is 25.2 Å². The van der Waals surface area contributed by atoms with Crippen LogP contribution in [0.25, 0.3) is 0 Å². The number of nitrogens with one attached hydrogen (secondary N) is 1. The molecule has 0 unspecified atom stereocenters. The van der Waals surface area contributed by atoms with Crippen LogP contribution in [0.4, 0.5) is 5.13 Å². The molecule has 0 radical (unpaired) electrons. The van der Waals surface area contributed by atoms with Gasteiger partial charge < -0.3 is 9.47 Å². The molecule has 7 heteroatoms. The van der Waals surface area contributed by atoms with Crippen molar-refractivity contribution >= 4 is 22.4 Å². The Kier molecular flexibility index (Phi) is 5.24. The number of amides is 1. The van der Waals surface area contributed by atoms with E-state index in [1.807, 2.05) is 0 Å². The maximum absolute atomic E-state index is 12.5. The second-order valence-corrected chi connectivity index (χ2v) is 7.31. The van der Waals surface area contributed by atoms with Gasteiger partial charge >= 0.3 is 0 Å². The first kappa shape index (κ1) is 17.7. The van der Waals surface area contributed by atoms with Crippen LogP contribution in [0.3, 0.4) is 0 Å². The van der Waals surface area contributed by atoms with E-state index < -0.39 is 0 Å². The summed E-state index contributed by atoms with van der Waals surface area (Å²) in [5.41, 5.74) is 1.61. The van der Waals surface area contributed by atoms with E-state index in [0.29, 0.717) is 28.2 Å². The van der Waals surface area contributed by atoms with Crippen molar-refractivity contribution in [3.63, 3.8) is 0 Å². The highest BCUT2D eigenvalue weighted by molar-refractivity contribution is 7.15. The molecule has 25 heavy (non-hydrogen) atoms. The van der Waals surface area contributed by atoms with Crippen molar-refractivity contribution in [1.29, 1.82) is 0 Å². The van der Waals surface area contributed by atoms with E-state index in [1.54, 1.807) is 43.8 Å². The van der Waals surface area contributed by atoms with Crippen molar-refractivity contribution in [3.05, 3.63) is 34.3 Å². The van der Waals surface area contributed by atoms with Gasteiger partial charge in [-0.25, -0.2) is 4.98 Å². The van der Waals surface area contributed by atoms with Crippen molar-refractivity contribution in [2.75, 3.05) is 26.1 Å². The number of nitrogens with zero attached hydrogens (tertiary/aromatic N) is 2. The van der Waals surface area contributed by atoms with Gasteiger partial charge in [0.2, 0.25) is 0 Å². The predicted molar refractivity (Wildman–Crippen MR) is 98.9 cm³/mol. The summed E-state index contributed by atoms with van der Waals surface area (Å²) in [6, 6.07) is 5.62. The van der Waals surface area contributed by atoms with Gasteiger partial charge in [-0.2, -0.15) is 0 Å². The molecule has 0 spiro atoms. The van der Waals surface area contributed by atoms with Crippen LogP contribution in [0, 0.1) is 0 Å². The molecule has 0 fully saturated rings. The lowest BCUT2D eigenvalue weighted by Crippen LogP contribution is -2.35. The van der Waals surface area contributed by atoms with Crippen molar-refractivity contribution in [2.45, 2.75) is 32.9 Å². The zero-order valence-corrected chi connectivity index (χ0v) is 15.8. The van der Waals surface area contributed by atoms with Crippen molar-refractivity contribution in [2.24, 2.45) is 0 Å². The van der Waals surface area contributed by atoms with Crippen molar-refractivity contribution < 1.29 is 14.3 Å². The monoisotopic (exact) mass is 361 g/mol. The molecule has 1 aromatic carbocycles. The predicted octanol–water partition coefficient (Wildman–Crippen LogP) is 3.18. The maximum atomic E-state index is 12.5. The molecule has 0 bridgehead atoms. The first-order valence-corrected chi connectivity index (χ1v) is 9.09. The SMILES string of the molecule is COc1ccc(C(=O)Nc2nc3c(s2)CN(C(C)C)CC3)cc1OC. The number of carbonyl (C=O) groups excluding carboxylic acids is 1. The number of anilines is 1. The van der Waals surface area contributed by atoms with Crippen LogP contribution in [-0.4, -0.2) is 42.6 Å². The molecule has 3 rings (SSSR count). The Morgan fingerprint density at radius 1 is 1.28 bits per heavy atom. The molecule has 2 heterocycles. The number of thiazole rings is 1.